The topological polar surface area (TPSA) is 143 Å². The molecule has 0 amide bonds. The van der Waals surface area contributed by atoms with E-state index >= 15 is 0 Å². The molecule has 9 nitrogen and oxygen atoms in total. The molecule has 1 saturated carbocycles. The maximum Gasteiger partial charge on any atom is 0.303 e. The SMILES string of the molecule is COc1cc(C[C@H](O)[C@H](CC(=O)C[C@@H](c2ccc(O)c(OC)c2)[C@H]2CCC[C@H](CCO)C2)OC(C)=O)ccc1O. The number of phenolic OH excluding ortho intramolecular Hbond substituents is 2. The maximum atomic E-state index is 13.5. The molecule has 0 spiro atoms. The number of carbonyl (C=O) groups is 2. The summed E-state index contributed by atoms with van der Waals surface area (Å²) in [5.41, 5.74) is 1.52. The van der Waals surface area contributed by atoms with Gasteiger partial charge >= 0.3 is 5.97 Å². The molecule has 1 aliphatic carbocycles. The van der Waals surface area contributed by atoms with E-state index in [1.807, 2.05) is 6.07 Å². The predicted octanol–water partition coefficient (Wildman–Crippen LogP) is 4.27. The molecule has 0 saturated heterocycles. The Morgan fingerprint density at radius 1 is 0.975 bits per heavy atom. The molecule has 2 aromatic carbocycles. The highest BCUT2D eigenvalue weighted by Crippen LogP contribution is 2.43. The Morgan fingerprint density at radius 2 is 1.65 bits per heavy atom. The molecule has 3 rings (SSSR count). The molecular formula is C31H42O9. The van der Waals surface area contributed by atoms with Gasteiger partial charge < -0.3 is 34.6 Å². The van der Waals surface area contributed by atoms with Crippen molar-refractivity contribution in [2.75, 3.05) is 20.8 Å². The van der Waals surface area contributed by atoms with Crippen LogP contribution in [0.4, 0.5) is 0 Å². The number of aliphatic hydroxyl groups excluding tert-OH is 2. The van der Waals surface area contributed by atoms with Crippen molar-refractivity contribution in [3.63, 3.8) is 0 Å². The zero-order valence-corrected chi connectivity index (χ0v) is 23.5. The van der Waals surface area contributed by atoms with Crippen LogP contribution in [0, 0.1) is 11.8 Å². The van der Waals surface area contributed by atoms with E-state index in [9.17, 15) is 30.0 Å². The number of ketones is 1. The summed E-state index contributed by atoms with van der Waals surface area (Å²) in [7, 11) is 2.90. The smallest absolute Gasteiger partial charge is 0.303 e. The molecule has 1 aliphatic rings. The normalized spacial score (nSPS) is 19.3. The summed E-state index contributed by atoms with van der Waals surface area (Å²) in [5, 5.41) is 40.5. The van der Waals surface area contributed by atoms with Crippen LogP contribution < -0.4 is 9.47 Å². The lowest BCUT2D eigenvalue weighted by Gasteiger charge is -2.35. The number of benzene rings is 2. The second-order valence-electron chi connectivity index (χ2n) is 10.7. The first kappa shape index (κ1) is 31.2. The van der Waals surface area contributed by atoms with Gasteiger partial charge in [0.15, 0.2) is 23.0 Å². The van der Waals surface area contributed by atoms with Crippen LogP contribution in [0.15, 0.2) is 36.4 Å². The minimum absolute atomic E-state index is 0.0158. The van der Waals surface area contributed by atoms with E-state index in [0.29, 0.717) is 17.2 Å². The fourth-order valence-electron chi connectivity index (χ4n) is 5.87. The first-order valence-electron chi connectivity index (χ1n) is 13.9. The predicted molar refractivity (Wildman–Crippen MR) is 149 cm³/mol. The lowest BCUT2D eigenvalue weighted by atomic mass is 9.70. The van der Waals surface area contributed by atoms with E-state index < -0.39 is 18.2 Å². The molecule has 4 N–H and O–H groups in total. The van der Waals surface area contributed by atoms with E-state index in [4.69, 9.17) is 14.2 Å². The Balaban J connectivity index is 1.80. The minimum Gasteiger partial charge on any atom is -0.504 e. The standard InChI is InChI=1S/C31H42O9/c1-19(33)40-31(28(37)14-21-7-9-26(35)29(15-21)38-2)18-24(34)17-25(22-6-4-5-20(13-22)11-12-32)23-8-10-27(36)30(16-23)39-3/h7-10,15-16,20,22,25,28,31-32,35-37H,4-6,11-14,17-18H2,1-3H3/t20-,22+,25-,28+,31+/m1/s1. The maximum absolute atomic E-state index is 13.5. The van der Waals surface area contributed by atoms with E-state index in [1.54, 1.807) is 24.3 Å². The van der Waals surface area contributed by atoms with Gasteiger partial charge in [0, 0.05) is 32.8 Å². The third-order valence-corrected chi connectivity index (χ3v) is 7.87. The van der Waals surface area contributed by atoms with Gasteiger partial charge in [-0.2, -0.15) is 0 Å². The summed E-state index contributed by atoms with van der Waals surface area (Å²) in [5.74, 6) is 0.201. The van der Waals surface area contributed by atoms with Crippen molar-refractivity contribution >= 4 is 11.8 Å². The van der Waals surface area contributed by atoms with Gasteiger partial charge in [-0.1, -0.05) is 25.0 Å². The number of esters is 1. The number of hydrogen-bond acceptors (Lipinski definition) is 9. The first-order chi connectivity index (χ1) is 19.1. The van der Waals surface area contributed by atoms with E-state index in [0.717, 1.165) is 37.7 Å². The average molecular weight is 559 g/mol. The highest BCUT2D eigenvalue weighted by molar-refractivity contribution is 5.80. The molecule has 220 valence electrons. The van der Waals surface area contributed by atoms with Crippen LogP contribution in [0.2, 0.25) is 0 Å². The number of Topliss-reactive ketones (excluding diaryl/α,β-unsaturated/α-hetero) is 1. The van der Waals surface area contributed by atoms with Crippen LogP contribution in [0.25, 0.3) is 0 Å². The number of hydrogen-bond donors (Lipinski definition) is 4. The van der Waals surface area contributed by atoms with E-state index in [1.165, 1.54) is 27.2 Å². The van der Waals surface area contributed by atoms with Crippen molar-refractivity contribution in [2.24, 2.45) is 11.8 Å². The lowest BCUT2D eigenvalue weighted by Crippen LogP contribution is -2.35. The second kappa shape index (κ2) is 14.9. The summed E-state index contributed by atoms with van der Waals surface area (Å²) in [4.78, 5) is 25.4. The summed E-state index contributed by atoms with van der Waals surface area (Å²) in [6, 6.07) is 9.81. The molecule has 0 radical (unpaired) electrons. The zero-order valence-electron chi connectivity index (χ0n) is 23.5. The number of rotatable bonds is 14. The Labute approximate surface area is 235 Å². The molecule has 0 unspecified atom stereocenters. The number of aromatic hydroxyl groups is 2. The van der Waals surface area contributed by atoms with Crippen LogP contribution in [0.5, 0.6) is 23.0 Å². The largest absolute Gasteiger partial charge is 0.504 e. The Kier molecular flexibility index (Phi) is 11.6. The third-order valence-electron chi connectivity index (χ3n) is 7.87. The molecular weight excluding hydrogens is 516 g/mol. The fourth-order valence-corrected chi connectivity index (χ4v) is 5.87. The minimum atomic E-state index is -1.15. The Morgan fingerprint density at radius 3 is 2.30 bits per heavy atom. The van der Waals surface area contributed by atoms with Crippen molar-refractivity contribution in [1.29, 1.82) is 0 Å². The molecule has 0 aliphatic heterocycles. The van der Waals surface area contributed by atoms with Crippen LogP contribution in [0.1, 0.15) is 68.9 Å². The van der Waals surface area contributed by atoms with Crippen molar-refractivity contribution in [3.05, 3.63) is 47.5 Å². The van der Waals surface area contributed by atoms with Crippen LogP contribution in [-0.2, 0) is 20.7 Å². The van der Waals surface area contributed by atoms with Gasteiger partial charge in [0.2, 0.25) is 0 Å². The summed E-state index contributed by atoms with van der Waals surface area (Å²) in [6.07, 6.45) is 2.47. The quantitative estimate of drug-likeness (QED) is 0.250. The molecule has 1 fully saturated rings. The van der Waals surface area contributed by atoms with Gasteiger partial charge in [0.25, 0.3) is 0 Å². The Hall–Kier alpha value is -3.30. The zero-order chi connectivity index (χ0) is 29.2. The third kappa shape index (κ3) is 8.60. The van der Waals surface area contributed by atoms with Crippen molar-refractivity contribution in [2.45, 2.75) is 76.4 Å². The van der Waals surface area contributed by atoms with Gasteiger partial charge in [0.1, 0.15) is 11.9 Å². The monoisotopic (exact) mass is 558 g/mol. The van der Waals surface area contributed by atoms with Crippen LogP contribution in [0.3, 0.4) is 0 Å². The number of ether oxygens (including phenoxy) is 3. The van der Waals surface area contributed by atoms with E-state index in [-0.39, 0.29) is 60.7 Å². The number of methoxy groups -OCH3 is 2. The van der Waals surface area contributed by atoms with Gasteiger partial charge in [-0.15, -0.1) is 0 Å². The van der Waals surface area contributed by atoms with Crippen molar-refractivity contribution in [3.8, 4) is 23.0 Å². The van der Waals surface area contributed by atoms with Gasteiger partial charge in [-0.25, -0.2) is 0 Å². The summed E-state index contributed by atoms with van der Waals surface area (Å²) < 4.78 is 15.9. The number of carbonyl (C=O) groups excluding carboxylic acids is 2. The molecule has 40 heavy (non-hydrogen) atoms. The molecule has 0 heterocycles. The highest BCUT2D eigenvalue weighted by atomic mass is 16.6. The Bertz CT molecular complexity index is 1130. The fraction of sp³-hybridized carbons (Fsp3) is 0.548. The molecule has 9 heteroatoms. The number of aliphatic hydroxyl groups is 2. The molecule has 0 bridgehead atoms. The lowest BCUT2D eigenvalue weighted by molar-refractivity contribution is -0.154. The van der Waals surface area contributed by atoms with Gasteiger partial charge in [-0.3, -0.25) is 9.59 Å². The first-order valence-corrected chi connectivity index (χ1v) is 13.9. The highest BCUT2D eigenvalue weighted by Gasteiger charge is 2.33. The summed E-state index contributed by atoms with van der Waals surface area (Å²) in [6.45, 7) is 1.37. The number of phenols is 2. The molecule has 5 atom stereocenters. The van der Waals surface area contributed by atoms with Crippen molar-refractivity contribution < 1.29 is 44.2 Å². The van der Waals surface area contributed by atoms with E-state index in [2.05, 4.69) is 0 Å². The summed E-state index contributed by atoms with van der Waals surface area (Å²) >= 11 is 0. The van der Waals surface area contributed by atoms with Crippen molar-refractivity contribution in [1.82, 2.24) is 0 Å². The molecule has 0 aromatic heterocycles. The molecule has 2 aromatic rings. The second-order valence-corrected chi connectivity index (χ2v) is 10.7. The average Bonchev–Trinajstić information content (AvgIpc) is 2.93. The van der Waals surface area contributed by atoms with Gasteiger partial charge in [0.05, 0.1) is 20.3 Å². The van der Waals surface area contributed by atoms with Crippen LogP contribution in [-0.4, -0.2) is 65.2 Å². The van der Waals surface area contributed by atoms with Crippen LogP contribution >= 0.6 is 0 Å². The van der Waals surface area contributed by atoms with Gasteiger partial charge in [-0.05, 0) is 72.4 Å².